The zero-order valence-electron chi connectivity index (χ0n) is 22.7. The van der Waals surface area contributed by atoms with Crippen LogP contribution in [0.5, 0.6) is 0 Å². The summed E-state index contributed by atoms with van der Waals surface area (Å²) in [7, 11) is 1.58. The molecule has 2 aromatic rings. The van der Waals surface area contributed by atoms with Gasteiger partial charge >= 0.3 is 0 Å². The third-order valence-electron chi connectivity index (χ3n) is 7.79. The Kier molecular flexibility index (Phi) is 11.3. The van der Waals surface area contributed by atoms with Crippen LogP contribution in [0.25, 0.3) is 10.2 Å². The van der Waals surface area contributed by atoms with Crippen molar-refractivity contribution in [2.75, 3.05) is 38.2 Å². The van der Waals surface area contributed by atoms with Gasteiger partial charge in [-0.25, -0.2) is 4.98 Å². The minimum Gasteiger partial charge on any atom is -0.359 e. The Hall–Kier alpha value is -1.94. The maximum atomic E-state index is 13.6. The smallest absolute Gasteiger partial charge is 0.224 e. The molecule has 2 heterocycles. The van der Waals surface area contributed by atoms with Crippen LogP contribution >= 0.6 is 34.7 Å². The summed E-state index contributed by atoms with van der Waals surface area (Å²) in [5.41, 5.74) is 1.50. The molecule has 212 valence electrons. The number of halogens is 1. The molecule has 2 amide bonds. The molecule has 2 N–H and O–H groups in total. The van der Waals surface area contributed by atoms with Crippen molar-refractivity contribution in [2.24, 2.45) is 11.8 Å². The highest BCUT2D eigenvalue weighted by Gasteiger charge is 2.31. The predicted octanol–water partition coefficient (Wildman–Crippen LogP) is 4.87. The van der Waals surface area contributed by atoms with Gasteiger partial charge in [-0.3, -0.25) is 19.3 Å². The maximum absolute atomic E-state index is 13.6. The first-order valence-electron chi connectivity index (χ1n) is 13.9. The summed E-state index contributed by atoms with van der Waals surface area (Å²) >= 11 is 9.59. The van der Waals surface area contributed by atoms with Crippen LogP contribution in [0.4, 0.5) is 0 Å². The van der Waals surface area contributed by atoms with Crippen molar-refractivity contribution >= 4 is 62.5 Å². The normalized spacial score (nSPS) is 18.1. The van der Waals surface area contributed by atoms with Gasteiger partial charge in [0.05, 0.1) is 21.1 Å². The van der Waals surface area contributed by atoms with Crippen LogP contribution in [0, 0.1) is 11.8 Å². The van der Waals surface area contributed by atoms with E-state index in [1.165, 1.54) is 11.3 Å². The Balaban J connectivity index is 1.41. The number of amides is 2. The molecule has 1 aromatic carbocycles. The van der Waals surface area contributed by atoms with Crippen LogP contribution in [-0.2, 0) is 20.8 Å². The second kappa shape index (κ2) is 14.6. The zero-order valence-corrected chi connectivity index (χ0v) is 25.1. The van der Waals surface area contributed by atoms with Gasteiger partial charge in [0.25, 0.3) is 0 Å². The van der Waals surface area contributed by atoms with Crippen molar-refractivity contribution in [1.82, 2.24) is 20.5 Å². The highest BCUT2D eigenvalue weighted by atomic mass is 35.5. The molecule has 10 heteroatoms. The number of benzene rings is 1. The Bertz CT molecular complexity index is 1170. The second-order valence-corrected chi connectivity index (χ2v) is 13.4. The third kappa shape index (κ3) is 8.77. The van der Waals surface area contributed by atoms with E-state index < -0.39 is 5.92 Å². The molecule has 7 nitrogen and oxygen atoms in total. The minimum absolute atomic E-state index is 0.0836. The van der Waals surface area contributed by atoms with E-state index in [0.717, 1.165) is 65.5 Å². The standard InChI is InChI=1S/C29H39ClN4O3S2/c1-19(18-34-11-13-38-14-12-34)25(35)10-9-23(20-5-3-4-6-20)33-29(37)21(15-27(36)31-2)16-28-32-24-8-7-22(30)17-26(24)39-28/h7-8,17,20-21,23H,1,3-6,9-16,18H2,2H3,(H,31,36)(H,33,37)/t21-,23+/m0/s1. The third-order valence-corrected chi connectivity index (χ3v) is 10.0. The van der Waals surface area contributed by atoms with E-state index in [1.54, 1.807) is 13.1 Å². The molecular weight excluding hydrogens is 552 g/mol. The average Bonchev–Trinajstić information content (AvgIpc) is 3.60. The van der Waals surface area contributed by atoms with E-state index >= 15 is 0 Å². The van der Waals surface area contributed by atoms with Gasteiger partial charge in [-0.15, -0.1) is 11.3 Å². The maximum Gasteiger partial charge on any atom is 0.224 e. The summed E-state index contributed by atoms with van der Waals surface area (Å²) in [6.07, 6.45) is 5.80. The number of thioether (sulfide) groups is 1. The molecule has 0 bridgehead atoms. The monoisotopic (exact) mass is 590 g/mol. The summed E-state index contributed by atoms with van der Waals surface area (Å²) in [4.78, 5) is 45.9. The molecule has 0 spiro atoms. The molecule has 2 aliphatic rings. The molecule has 4 rings (SSSR count). The highest BCUT2D eigenvalue weighted by Crippen LogP contribution is 2.31. The first-order valence-corrected chi connectivity index (χ1v) is 16.2. The number of ketones is 1. The summed E-state index contributed by atoms with van der Waals surface area (Å²) in [6.45, 7) is 6.69. The highest BCUT2D eigenvalue weighted by molar-refractivity contribution is 7.99. The van der Waals surface area contributed by atoms with Crippen LogP contribution in [0.3, 0.4) is 0 Å². The number of thiazole rings is 1. The van der Waals surface area contributed by atoms with Crippen LogP contribution < -0.4 is 10.6 Å². The molecule has 0 radical (unpaired) electrons. The van der Waals surface area contributed by atoms with E-state index in [9.17, 15) is 14.4 Å². The van der Waals surface area contributed by atoms with Gasteiger partial charge in [-0.2, -0.15) is 11.8 Å². The van der Waals surface area contributed by atoms with Gasteiger partial charge in [-0.05, 0) is 43.4 Å². The molecule has 1 saturated carbocycles. The molecular formula is C29H39ClN4O3S2. The summed E-state index contributed by atoms with van der Waals surface area (Å²) in [6, 6.07) is 5.45. The Morgan fingerprint density at radius 1 is 1.21 bits per heavy atom. The van der Waals surface area contributed by atoms with Gasteiger partial charge in [0.1, 0.15) is 0 Å². The lowest BCUT2D eigenvalue weighted by Gasteiger charge is -2.28. The van der Waals surface area contributed by atoms with E-state index in [4.69, 9.17) is 11.6 Å². The topological polar surface area (TPSA) is 91.4 Å². The fourth-order valence-corrected chi connectivity index (χ4v) is 7.80. The molecule has 1 aliphatic heterocycles. The number of carbonyl (C=O) groups excluding carboxylic acids is 3. The molecule has 2 fully saturated rings. The minimum atomic E-state index is -0.549. The van der Waals surface area contributed by atoms with Gasteiger partial charge in [-0.1, -0.05) is 31.0 Å². The summed E-state index contributed by atoms with van der Waals surface area (Å²) in [5.74, 6) is 1.75. The molecule has 2 atom stereocenters. The van der Waals surface area contributed by atoms with Gasteiger partial charge in [0.15, 0.2) is 5.78 Å². The first kappa shape index (κ1) is 30.0. The number of nitrogens with zero attached hydrogens (tertiary/aromatic N) is 2. The lowest BCUT2D eigenvalue weighted by molar-refractivity contribution is -0.131. The number of fused-ring (bicyclic) bond motifs is 1. The molecule has 0 unspecified atom stereocenters. The fourth-order valence-electron chi connectivity index (χ4n) is 5.49. The van der Waals surface area contributed by atoms with Gasteiger partial charge < -0.3 is 10.6 Å². The van der Waals surface area contributed by atoms with Crippen molar-refractivity contribution < 1.29 is 14.4 Å². The number of hydrogen-bond donors (Lipinski definition) is 2. The molecule has 1 aliphatic carbocycles. The number of aromatic nitrogens is 1. The SMILES string of the molecule is C=C(CN1CCSCC1)C(=O)CC[C@@H](NC(=O)[C@@H](CC(=O)NC)Cc1nc2ccc(Cl)cc2s1)C1CCCC1. The predicted molar refractivity (Wildman–Crippen MR) is 162 cm³/mol. The summed E-state index contributed by atoms with van der Waals surface area (Å²) < 4.78 is 0.961. The van der Waals surface area contributed by atoms with E-state index in [1.807, 2.05) is 23.9 Å². The quantitative estimate of drug-likeness (QED) is 0.323. The fraction of sp³-hybridized carbons (Fsp3) is 0.586. The average molecular weight is 591 g/mol. The van der Waals surface area contributed by atoms with Crippen molar-refractivity contribution in [3.05, 3.63) is 40.4 Å². The number of hydrogen-bond acceptors (Lipinski definition) is 7. The van der Waals surface area contributed by atoms with Crippen LogP contribution in [0.1, 0.15) is 50.0 Å². The number of Topliss-reactive ketones (excluding diaryl/α,β-unsaturated/α-hetero) is 1. The second-order valence-electron chi connectivity index (χ2n) is 10.6. The first-order chi connectivity index (χ1) is 18.8. The number of rotatable bonds is 13. The van der Waals surface area contributed by atoms with Crippen molar-refractivity contribution in [2.45, 2.75) is 57.4 Å². The van der Waals surface area contributed by atoms with Crippen molar-refractivity contribution in [3.8, 4) is 0 Å². The van der Waals surface area contributed by atoms with Gasteiger partial charge in [0, 0.05) is 74.1 Å². The largest absolute Gasteiger partial charge is 0.359 e. The summed E-state index contributed by atoms with van der Waals surface area (Å²) in [5, 5.41) is 7.37. The van der Waals surface area contributed by atoms with Crippen LogP contribution in [-0.4, -0.2) is 71.7 Å². The van der Waals surface area contributed by atoms with E-state index in [2.05, 4.69) is 27.1 Å². The Morgan fingerprint density at radius 2 is 1.95 bits per heavy atom. The molecule has 1 aromatic heterocycles. The van der Waals surface area contributed by atoms with E-state index in [-0.39, 0.29) is 30.1 Å². The van der Waals surface area contributed by atoms with E-state index in [0.29, 0.717) is 42.3 Å². The zero-order chi connectivity index (χ0) is 27.8. The molecule has 1 saturated heterocycles. The van der Waals surface area contributed by atoms with Crippen LogP contribution in [0.15, 0.2) is 30.4 Å². The molecule has 39 heavy (non-hydrogen) atoms. The number of nitrogens with one attached hydrogen (secondary N) is 2. The number of carbonyl (C=O) groups is 3. The van der Waals surface area contributed by atoms with Crippen LogP contribution in [0.2, 0.25) is 5.02 Å². The Labute approximate surface area is 244 Å². The van der Waals surface area contributed by atoms with Crippen molar-refractivity contribution in [1.29, 1.82) is 0 Å². The lowest BCUT2D eigenvalue weighted by atomic mass is 9.91. The van der Waals surface area contributed by atoms with Crippen molar-refractivity contribution in [3.63, 3.8) is 0 Å². The Morgan fingerprint density at radius 3 is 2.67 bits per heavy atom. The van der Waals surface area contributed by atoms with Gasteiger partial charge in [0.2, 0.25) is 11.8 Å². The lowest BCUT2D eigenvalue weighted by Crippen LogP contribution is -2.44.